The summed E-state index contributed by atoms with van der Waals surface area (Å²) in [6.45, 7) is 5.63. The van der Waals surface area contributed by atoms with Gasteiger partial charge < -0.3 is 10.4 Å². The van der Waals surface area contributed by atoms with Gasteiger partial charge in [-0.05, 0) is 18.9 Å². The molecule has 0 rings (SSSR count). The summed E-state index contributed by atoms with van der Waals surface area (Å²) in [5.74, 6) is -1.41. The molecule has 2 N–H and O–H groups in total. The molecular weight excluding hydrogens is 182 g/mol. The van der Waals surface area contributed by atoms with Crippen LogP contribution in [0.15, 0.2) is 12.7 Å². The second kappa shape index (κ2) is 7.12. The highest BCUT2D eigenvalue weighted by Crippen LogP contribution is 2.10. The molecule has 0 saturated carbocycles. The molecule has 0 aromatic rings. The maximum atomic E-state index is 10.7. The number of amides is 1. The van der Waals surface area contributed by atoms with Crippen molar-refractivity contribution in [2.75, 3.05) is 6.54 Å². The van der Waals surface area contributed by atoms with Crippen LogP contribution in [0, 0.1) is 5.92 Å². The highest BCUT2D eigenvalue weighted by atomic mass is 16.4. The summed E-state index contributed by atoms with van der Waals surface area (Å²) in [4.78, 5) is 21.4. The van der Waals surface area contributed by atoms with Crippen LogP contribution in [0.1, 0.15) is 26.2 Å². The summed E-state index contributed by atoms with van der Waals surface area (Å²) in [7, 11) is 0. The Morgan fingerprint density at radius 3 is 2.57 bits per heavy atom. The van der Waals surface area contributed by atoms with Crippen LogP contribution in [0.4, 0.5) is 0 Å². The molecule has 4 heteroatoms. The first-order chi connectivity index (χ1) is 6.61. The molecular formula is C10H17NO3. The third-order valence-electron chi connectivity index (χ3n) is 1.96. The van der Waals surface area contributed by atoms with Gasteiger partial charge in [-0.2, -0.15) is 0 Å². The van der Waals surface area contributed by atoms with Gasteiger partial charge in [0, 0.05) is 6.54 Å². The van der Waals surface area contributed by atoms with Crippen LogP contribution in [0.25, 0.3) is 0 Å². The Bertz CT molecular complexity index is 213. The predicted octanol–water partition coefficient (Wildman–Crippen LogP) is 1.18. The van der Waals surface area contributed by atoms with Crippen LogP contribution in [0.3, 0.4) is 0 Å². The minimum atomic E-state index is -0.792. The molecule has 1 unspecified atom stereocenters. The van der Waals surface area contributed by atoms with E-state index in [4.69, 9.17) is 5.11 Å². The topological polar surface area (TPSA) is 66.4 Å². The van der Waals surface area contributed by atoms with Crippen molar-refractivity contribution in [3.63, 3.8) is 0 Å². The summed E-state index contributed by atoms with van der Waals surface area (Å²) >= 11 is 0. The number of carboxylic acids is 1. The second-order valence-corrected chi connectivity index (χ2v) is 3.11. The molecule has 1 amide bonds. The zero-order chi connectivity index (χ0) is 11.0. The fraction of sp³-hybridized carbons (Fsp3) is 0.600. The number of rotatable bonds is 7. The minimum Gasteiger partial charge on any atom is -0.481 e. The molecule has 0 aliphatic heterocycles. The maximum Gasteiger partial charge on any atom is 0.306 e. The Labute approximate surface area is 84.0 Å². The average Bonchev–Trinajstić information content (AvgIpc) is 2.16. The second-order valence-electron chi connectivity index (χ2n) is 3.11. The first kappa shape index (κ1) is 12.7. The summed E-state index contributed by atoms with van der Waals surface area (Å²) in [6, 6.07) is 0. The fourth-order valence-corrected chi connectivity index (χ4v) is 1.18. The molecule has 14 heavy (non-hydrogen) atoms. The van der Waals surface area contributed by atoms with E-state index in [1.807, 2.05) is 6.92 Å². The number of aliphatic carboxylic acids is 1. The highest BCUT2D eigenvalue weighted by molar-refractivity contribution is 5.86. The lowest BCUT2D eigenvalue weighted by Gasteiger charge is -2.10. The van der Waals surface area contributed by atoms with Crippen LogP contribution < -0.4 is 5.32 Å². The number of carbonyl (C=O) groups is 2. The van der Waals surface area contributed by atoms with Crippen molar-refractivity contribution in [2.45, 2.75) is 26.2 Å². The number of hydrogen-bond donors (Lipinski definition) is 2. The van der Waals surface area contributed by atoms with Crippen molar-refractivity contribution >= 4 is 11.9 Å². The Hall–Kier alpha value is -1.32. The molecule has 0 aliphatic rings. The van der Waals surface area contributed by atoms with Crippen LogP contribution in [0.5, 0.6) is 0 Å². The van der Waals surface area contributed by atoms with Crippen molar-refractivity contribution in [3.05, 3.63) is 12.7 Å². The molecule has 0 spiro atoms. The number of carboxylic acid groups (broad SMARTS) is 1. The normalized spacial score (nSPS) is 11.8. The van der Waals surface area contributed by atoms with Gasteiger partial charge in [0.15, 0.2) is 0 Å². The molecule has 0 fully saturated rings. The molecule has 0 radical (unpaired) electrons. The third-order valence-corrected chi connectivity index (χ3v) is 1.96. The van der Waals surface area contributed by atoms with Gasteiger partial charge in [0.1, 0.15) is 0 Å². The van der Waals surface area contributed by atoms with Crippen molar-refractivity contribution < 1.29 is 14.7 Å². The summed E-state index contributed by atoms with van der Waals surface area (Å²) < 4.78 is 0. The highest BCUT2D eigenvalue weighted by Gasteiger charge is 2.15. The largest absolute Gasteiger partial charge is 0.481 e. The van der Waals surface area contributed by atoms with E-state index in [2.05, 4.69) is 11.9 Å². The van der Waals surface area contributed by atoms with Crippen LogP contribution in [0.2, 0.25) is 0 Å². The van der Waals surface area contributed by atoms with E-state index in [-0.39, 0.29) is 11.8 Å². The van der Waals surface area contributed by atoms with Crippen LogP contribution >= 0.6 is 0 Å². The van der Waals surface area contributed by atoms with Crippen molar-refractivity contribution in [3.8, 4) is 0 Å². The van der Waals surface area contributed by atoms with Gasteiger partial charge in [-0.3, -0.25) is 9.59 Å². The maximum absolute atomic E-state index is 10.7. The van der Waals surface area contributed by atoms with Crippen molar-refractivity contribution in [2.24, 2.45) is 5.92 Å². The van der Waals surface area contributed by atoms with Crippen LogP contribution in [-0.2, 0) is 9.59 Å². The molecule has 0 bridgehead atoms. The lowest BCUT2D eigenvalue weighted by atomic mass is 10.0. The first-order valence-electron chi connectivity index (χ1n) is 4.74. The van der Waals surface area contributed by atoms with Crippen molar-refractivity contribution in [1.82, 2.24) is 5.32 Å². The van der Waals surface area contributed by atoms with Gasteiger partial charge >= 0.3 is 5.97 Å². The van der Waals surface area contributed by atoms with E-state index in [0.29, 0.717) is 19.4 Å². The lowest BCUT2D eigenvalue weighted by Crippen LogP contribution is -2.26. The SMILES string of the molecule is C=CC(=O)NCCC(CCC)C(=O)O. The van der Waals surface area contributed by atoms with Gasteiger partial charge in [0.25, 0.3) is 0 Å². The van der Waals surface area contributed by atoms with E-state index >= 15 is 0 Å². The summed E-state index contributed by atoms with van der Waals surface area (Å²) in [5.41, 5.74) is 0. The van der Waals surface area contributed by atoms with Crippen molar-refractivity contribution in [1.29, 1.82) is 0 Å². The number of nitrogens with one attached hydrogen (secondary N) is 1. The molecule has 1 atom stereocenters. The molecule has 4 nitrogen and oxygen atoms in total. The van der Waals surface area contributed by atoms with E-state index in [9.17, 15) is 9.59 Å². The quantitative estimate of drug-likeness (QED) is 0.605. The molecule has 0 aromatic heterocycles. The smallest absolute Gasteiger partial charge is 0.306 e. The Morgan fingerprint density at radius 1 is 1.50 bits per heavy atom. The zero-order valence-electron chi connectivity index (χ0n) is 8.45. The molecule has 0 aliphatic carbocycles. The van der Waals surface area contributed by atoms with E-state index in [1.54, 1.807) is 0 Å². The Balaban J connectivity index is 3.76. The molecule has 0 aromatic carbocycles. The number of hydrogen-bond acceptors (Lipinski definition) is 2. The molecule has 0 saturated heterocycles. The minimum absolute atomic E-state index is 0.259. The van der Waals surface area contributed by atoms with E-state index < -0.39 is 5.97 Å². The third kappa shape index (κ3) is 5.35. The molecule has 0 heterocycles. The number of carbonyl (C=O) groups excluding carboxylic acids is 1. The average molecular weight is 199 g/mol. The fourth-order valence-electron chi connectivity index (χ4n) is 1.18. The van der Waals surface area contributed by atoms with E-state index in [0.717, 1.165) is 6.42 Å². The zero-order valence-corrected chi connectivity index (χ0v) is 8.45. The van der Waals surface area contributed by atoms with Gasteiger partial charge in [0.2, 0.25) is 5.91 Å². The predicted molar refractivity (Wildman–Crippen MR) is 53.9 cm³/mol. The van der Waals surface area contributed by atoms with Gasteiger partial charge in [0.05, 0.1) is 5.92 Å². The Kier molecular flexibility index (Phi) is 6.45. The van der Waals surface area contributed by atoms with Crippen LogP contribution in [-0.4, -0.2) is 23.5 Å². The van der Waals surface area contributed by atoms with Gasteiger partial charge in [-0.1, -0.05) is 19.9 Å². The van der Waals surface area contributed by atoms with E-state index in [1.165, 1.54) is 6.08 Å². The Morgan fingerprint density at radius 2 is 2.14 bits per heavy atom. The monoisotopic (exact) mass is 199 g/mol. The first-order valence-corrected chi connectivity index (χ1v) is 4.74. The molecule has 80 valence electrons. The van der Waals surface area contributed by atoms with Gasteiger partial charge in [-0.15, -0.1) is 0 Å². The standard InChI is InChI=1S/C10H17NO3/c1-3-5-8(10(13)14)6-7-11-9(12)4-2/h4,8H,2-3,5-7H2,1H3,(H,11,12)(H,13,14). The lowest BCUT2D eigenvalue weighted by molar-refractivity contribution is -0.142. The summed E-state index contributed by atoms with van der Waals surface area (Å²) in [5, 5.41) is 11.3. The summed E-state index contributed by atoms with van der Waals surface area (Å²) in [6.07, 6.45) is 3.14. The van der Waals surface area contributed by atoms with Gasteiger partial charge in [-0.25, -0.2) is 0 Å².